The highest BCUT2D eigenvalue weighted by molar-refractivity contribution is 5.86. The molecule has 0 saturated carbocycles. The first kappa shape index (κ1) is 13.4. The van der Waals surface area contributed by atoms with Crippen LogP contribution in [0.1, 0.15) is 25.3 Å². The maximum atomic E-state index is 12.0. The third-order valence-corrected chi connectivity index (χ3v) is 6.48. The molecule has 3 aliphatic heterocycles. The Bertz CT molecular complexity index is 795. The number of phenolic OH excluding ortho intramolecular Hbond substituents is 1. The van der Waals surface area contributed by atoms with Crippen LogP contribution in [0.15, 0.2) is 41.1 Å². The van der Waals surface area contributed by atoms with Crippen LogP contribution in [0.2, 0.25) is 0 Å². The molecule has 2 fully saturated rings. The van der Waals surface area contributed by atoms with Crippen LogP contribution in [0.5, 0.6) is 5.75 Å². The number of rotatable bonds is 1. The van der Waals surface area contributed by atoms with Gasteiger partial charge in [0, 0.05) is 36.3 Å². The second-order valence-electron chi connectivity index (χ2n) is 7.13. The summed E-state index contributed by atoms with van der Waals surface area (Å²) in [5, 5.41) is 13.7. The van der Waals surface area contributed by atoms with Gasteiger partial charge >= 0.3 is 0 Å². The fraction of sp³-hybridized carbons (Fsp3) is 0.421. The van der Waals surface area contributed by atoms with Crippen molar-refractivity contribution >= 4 is 12.0 Å². The first-order valence-corrected chi connectivity index (χ1v) is 8.39. The van der Waals surface area contributed by atoms with Gasteiger partial charge in [-0.2, -0.15) is 0 Å². The Balaban J connectivity index is 1.84. The van der Waals surface area contributed by atoms with Crippen molar-refractivity contribution in [3.8, 4) is 5.75 Å². The summed E-state index contributed by atoms with van der Waals surface area (Å²) >= 11 is 0. The van der Waals surface area contributed by atoms with E-state index in [1.807, 2.05) is 6.07 Å². The zero-order valence-electron chi connectivity index (χ0n) is 13.2. The molecular formula is C19H20N2O2. The fourth-order valence-electron chi connectivity index (χ4n) is 5.50. The van der Waals surface area contributed by atoms with E-state index in [9.17, 15) is 9.90 Å². The molecule has 3 atom stereocenters. The van der Waals surface area contributed by atoms with Crippen LogP contribution >= 0.6 is 0 Å². The third kappa shape index (κ3) is 1.39. The number of aldehydes is 1. The van der Waals surface area contributed by atoms with E-state index in [1.165, 1.54) is 11.1 Å². The number of carbonyl (C=O) groups is 1. The van der Waals surface area contributed by atoms with Crippen molar-refractivity contribution in [1.29, 1.82) is 0 Å². The lowest BCUT2D eigenvalue weighted by Crippen LogP contribution is -2.52. The number of phenols is 1. The molecule has 4 heteroatoms. The molecule has 23 heavy (non-hydrogen) atoms. The van der Waals surface area contributed by atoms with Crippen molar-refractivity contribution in [2.75, 3.05) is 18.4 Å². The van der Waals surface area contributed by atoms with E-state index in [1.54, 1.807) is 6.07 Å². The number of nitrogens with zero attached hydrogens (tertiary/aromatic N) is 1. The topological polar surface area (TPSA) is 52.6 Å². The summed E-state index contributed by atoms with van der Waals surface area (Å²) in [6, 6.07) is 6.18. The van der Waals surface area contributed by atoms with Crippen molar-refractivity contribution in [3.05, 3.63) is 46.7 Å². The molecule has 5 rings (SSSR count). The standard InChI is InChI=1S/C19H20N2O2/c1-2-11-9-21-7-6-19-14-4-3-5-15(23)17(14)20-18(19)13(10-22)12(11)8-16(19)21/h2-5,10,12,16,20,23H,6-9H2,1H3/b11-2-/t12-,16-,19-/m0/s1. The molecular weight excluding hydrogens is 288 g/mol. The van der Waals surface area contributed by atoms with Gasteiger partial charge in [0.2, 0.25) is 0 Å². The summed E-state index contributed by atoms with van der Waals surface area (Å²) in [5.74, 6) is 0.507. The number of fused-ring (bicyclic) bond motifs is 2. The number of hydrogen-bond acceptors (Lipinski definition) is 4. The average Bonchev–Trinajstić information content (AvgIpc) is 3.12. The first-order chi connectivity index (χ1) is 11.2. The molecule has 2 bridgehead atoms. The third-order valence-electron chi connectivity index (χ3n) is 6.48. The SMILES string of the molecule is C/C=C1/CN2CC[C@@]34C(=C(C=O)[C@H]1C[C@H]23)Nc1c(O)cccc14. The minimum atomic E-state index is -0.139. The Hall–Kier alpha value is -2.07. The molecule has 2 saturated heterocycles. The number of allylic oxidation sites excluding steroid dienone is 2. The summed E-state index contributed by atoms with van der Waals surface area (Å²) in [6.45, 7) is 4.08. The molecule has 0 radical (unpaired) electrons. The number of nitrogens with one attached hydrogen (secondary N) is 1. The van der Waals surface area contributed by atoms with E-state index in [0.717, 1.165) is 49.2 Å². The molecule has 4 nitrogen and oxygen atoms in total. The molecule has 1 aromatic carbocycles. The van der Waals surface area contributed by atoms with Crippen molar-refractivity contribution in [2.45, 2.75) is 31.2 Å². The summed E-state index contributed by atoms with van der Waals surface area (Å²) < 4.78 is 0. The lowest BCUT2D eigenvalue weighted by Gasteiger charge is -2.48. The van der Waals surface area contributed by atoms with Crippen LogP contribution in [0.3, 0.4) is 0 Å². The van der Waals surface area contributed by atoms with Crippen LogP contribution < -0.4 is 5.32 Å². The minimum absolute atomic E-state index is 0.139. The van der Waals surface area contributed by atoms with E-state index in [2.05, 4.69) is 29.3 Å². The number of aromatic hydroxyl groups is 1. The molecule has 0 unspecified atom stereocenters. The first-order valence-electron chi connectivity index (χ1n) is 8.39. The number of piperidine rings is 1. The predicted molar refractivity (Wildman–Crippen MR) is 88.3 cm³/mol. The Morgan fingerprint density at radius 3 is 3.09 bits per heavy atom. The Kier molecular flexibility index (Phi) is 2.48. The Labute approximate surface area is 135 Å². The van der Waals surface area contributed by atoms with Crippen molar-refractivity contribution in [1.82, 2.24) is 4.90 Å². The normalized spacial score (nSPS) is 36.0. The second-order valence-corrected chi connectivity index (χ2v) is 7.13. The predicted octanol–water partition coefficient (Wildman–Crippen LogP) is 2.56. The van der Waals surface area contributed by atoms with Gasteiger partial charge in [0.15, 0.2) is 0 Å². The highest BCUT2D eigenvalue weighted by atomic mass is 16.3. The molecule has 118 valence electrons. The van der Waals surface area contributed by atoms with Crippen LogP contribution in [0.4, 0.5) is 5.69 Å². The number of carbonyl (C=O) groups excluding carboxylic acids is 1. The van der Waals surface area contributed by atoms with Crippen molar-refractivity contribution < 1.29 is 9.90 Å². The minimum Gasteiger partial charge on any atom is -0.506 e. The van der Waals surface area contributed by atoms with Gasteiger partial charge in [-0.1, -0.05) is 23.8 Å². The number of anilines is 1. The van der Waals surface area contributed by atoms with Crippen molar-refractivity contribution in [3.63, 3.8) is 0 Å². The van der Waals surface area contributed by atoms with Crippen LogP contribution in [0, 0.1) is 5.92 Å². The Morgan fingerprint density at radius 2 is 2.30 bits per heavy atom. The van der Waals surface area contributed by atoms with E-state index < -0.39 is 0 Å². The zero-order valence-corrected chi connectivity index (χ0v) is 13.2. The summed E-state index contributed by atoms with van der Waals surface area (Å²) in [5.41, 5.74) is 5.13. The molecule has 4 aliphatic rings. The lowest BCUT2D eigenvalue weighted by molar-refractivity contribution is -0.105. The summed E-state index contributed by atoms with van der Waals surface area (Å²) in [4.78, 5) is 14.5. The second kappa shape index (κ2) is 4.26. The molecule has 0 aromatic heterocycles. The van der Waals surface area contributed by atoms with Crippen molar-refractivity contribution in [2.24, 2.45) is 5.92 Å². The molecule has 1 aliphatic carbocycles. The number of para-hydroxylation sites is 1. The van der Waals surface area contributed by atoms with Crippen LogP contribution in [-0.2, 0) is 10.2 Å². The molecule has 3 heterocycles. The number of benzene rings is 1. The highest BCUT2D eigenvalue weighted by Crippen LogP contribution is 2.61. The largest absolute Gasteiger partial charge is 0.506 e. The van der Waals surface area contributed by atoms with Gasteiger partial charge in [0.1, 0.15) is 12.0 Å². The van der Waals surface area contributed by atoms with Crippen LogP contribution in [-0.4, -0.2) is 35.4 Å². The van der Waals surface area contributed by atoms with E-state index in [4.69, 9.17) is 0 Å². The van der Waals surface area contributed by atoms with Gasteiger partial charge in [-0.05, 0) is 31.4 Å². The molecule has 2 N–H and O–H groups in total. The monoisotopic (exact) mass is 308 g/mol. The molecule has 1 aromatic rings. The van der Waals surface area contributed by atoms with E-state index in [-0.39, 0.29) is 17.1 Å². The summed E-state index contributed by atoms with van der Waals surface area (Å²) in [6.07, 6.45) is 5.24. The van der Waals surface area contributed by atoms with Gasteiger partial charge in [0.05, 0.1) is 11.1 Å². The fourth-order valence-corrected chi connectivity index (χ4v) is 5.50. The van der Waals surface area contributed by atoms with Gasteiger partial charge in [-0.25, -0.2) is 0 Å². The summed E-state index contributed by atoms with van der Waals surface area (Å²) in [7, 11) is 0. The number of hydrogen-bond donors (Lipinski definition) is 2. The molecule has 0 amide bonds. The molecule has 1 spiro atoms. The van der Waals surface area contributed by atoms with Gasteiger partial charge in [-0.15, -0.1) is 0 Å². The Morgan fingerprint density at radius 1 is 1.43 bits per heavy atom. The zero-order chi connectivity index (χ0) is 15.8. The van der Waals surface area contributed by atoms with E-state index >= 15 is 0 Å². The van der Waals surface area contributed by atoms with Gasteiger partial charge in [0.25, 0.3) is 0 Å². The highest BCUT2D eigenvalue weighted by Gasteiger charge is 2.61. The smallest absolute Gasteiger partial charge is 0.148 e. The van der Waals surface area contributed by atoms with Gasteiger partial charge in [-0.3, -0.25) is 9.69 Å². The van der Waals surface area contributed by atoms with Crippen LogP contribution in [0.25, 0.3) is 0 Å². The maximum absolute atomic E-state index is 12.0. The van der Waals surface area contributed by atoms with Gasteiger partial charge < -0.3 is 10.4 Å². The quantitative estimate of drug-likeness (QED) is 0.476. The maximum Gasteiger partial charge on any atom is 0.148 e. The average molecular weight is 308 g/mol. The van der Waals surface area contributed by atoms with E-state index in [0.29, 0.717) is 6.04 Å². The lowest BCUT2D eigenvalue weighted by atomic mass is 9.62.